The molecular weight excluding hydrogens is 236 g/mol. The van der Waals surface area contributed by atoms with E-state index in [1.54, 1.807) is 7.11 Å². The molecule has 3 nitrogen and oxygen atoms in total. The minimum absolute atomic E-state index is 0.497. The number of hydrogen-bond acceptors (Lipinski definition) is 3. The Hall–Kier alpha value is -0.120. The summed E-state index contributed by atoms with van der Waals surface area (Å²) < 4.78 is 5.32. The maximum Gasteiger partial charge on any atom is 0.0615 e. The minimum Gasteiger partial charge on any atom is -0.383 e. The average Bonchev–Trinajstić information content (AvgIpc) is 2.44. The van der Waals surface area contributed by atoms with Crippen LogP contribution < -0.4 is 5.32 Å². The van der Waals surface area contributed by atoms with Gasteiger partial charge in [0.1, 0.15) is 0 Å². The first-order valence-electron chi connectivity index (χ1n) is 8.08. The lowest BCUT2D eigenvalue weighted by molar-refractivity contribution is 0.0480. The van der Waals surface area contributed by atoms with Gasteiger partial charge in [0.15, 0.2) is 0 Å². The van der Waals surface area contributed by atoms with Crippen LogP contribution in [0.15, 0.2) is 0 Å². The van der Waals surface area contributed by atoms with Crippen LogP contribution in [0.25, 0.3) is 0 Å². The van der Waals surface area contributed by atoms with Gasteiger partial charge in [-0.1, -0.05) is 20.3 Å². The second kappa shape index (κ2) is 8.93. The van der Waals surface area contributed by atoms with Crippen LogP contribution in [-0.2, 0) is 4.74 Å². The Bertz CT molecular complexity index is 233. The van der Waals surface area contributed by atoms with Gasteiger partial charge < -0.3 is 10.1 Å². The molecule has 0 aromatic carbocycles. The van der Waals surface area contributed by atoms with Crippen molar-refractivity contribution < 1.29 is 4.74 Å². The molecule has 0 amide bonds. The summed E-state index contributed by atoms with van der Waals surface area (Å²) in [6.07, 6.45) is 6.60. The van der Waals surface area contributed by atoms with E-state index in [4.69, 9.17) is 4.74 Å². The fraction of sp³-hybridized carbons (Fsp3) is 1.00. The van der Waals surface area contributed by atoms with Gasteiger partial charge in [0, 0.05) is 25.2 Å². The number of nitrogens with one attached hydrogen (secondary N) is 1. The molecule has 4 atom stereocenters. The van der Waals surface area contributed by atoms with Crippen LogP contribution >= 0.6 is 0 Å². The van der Waals surface area contributed by atoms with E-state index >= 15 is 0 Å². The maximum atomic E-state index is 5.32. The van der Waals surface area contributed by atoms with Crippen LogP contribution in [0.2, 0.25) is 0 Å². The van der Waals surface area contributed by atoms with Crippen molar-refractivity contribution in [1.82, 2.24) is 10.2 Å². The van der Waals surface area contributed by atoms with Crippen molar-refractivity contribution in [1.29, 1.82) is 0 Å². The summed E-state index contributed by atoms with van der Waals surface area (Å²) in [6, 6.07) is 1.82. The Balaban J connectivity index is 2.63. The van der Waals surface area contributed by atoms with Crippen LogP contribution in [0.1, 0.15) is 52.9 Å². The van der Waals surface area contributed by atoms with Gasteiger partial charge in [-0.05, 0) is 52.1 Å². The molecule has 19 heavy (non-hydrogen) atoms. The average molecular weight is 270 g/mol. The molecule has 0 aliphatic heterocycles. The summed E-state index contributed by atoms with van der Waals surface area (Å²) in [5.41, 5.74) is 0. The number of ether oxygens (including phenoxy) is 1. The van der Waals surface area contributed by atoms with Crippen LogP contribution in [0.4, 0.5) is 0 Å². The molecule has 1 rings (SSSR count). The largest absolute Gasteiger partial charge is 0.383 e. The summed E-state index contributed by atoms with van der Waals surface area (Å²) in [5, 5.41) is 3.76. The van der Waals surface area contributed by atoms with Gasteiger partial charge in [-0.3, -0.25) is 4.90 Å². The van der Waals surface area contributed by atoms with Crippen molar-refractivity contribution in [3.8, 4) is 0 Å². The summed E-state index contributed by atoms with van der Waals surface area (Å²) in [4.78, 5) is 2.54. The normalized spacial score (nSPS) is 29.7. The first kappa shape index (κ1) is 16.9. The molecule has 0 bridgehead atoms. The third-order valence-electron chi connectivity index (χ3n) is 4.79. The molecule has 1 aliphatic carbocycles. The maximum absolute atomic E-state index is 5.32. The molecule has 0 heterocycles. The number of likely N-dealkylation sites (N-methyl/N-ethyl adjacent to an activating group) is 1. The van der Waals surface area contributed by atoms with E-state index in [0.29, 0.717) is 18.1 Å². The van der Waals surface area contributed by atoms with Crippen LogP contribution in [-0.4, -0.2) is 50.3 Å². The lowest BCUT2D eigenvalue weighted by Crippen LogP contribution is -2.55. The van der Waals surface area contributed by atoms with Crippen LogP contribution in [0.5, 0.6) is 0 Å². The number of nitrogens with zero attached hydrogens (tertiary/aromatic N) is 1. The third-order valence-corrected chi connectivity index (χ3v) is 4.79. The fourth-order valence-corrected chi connectivity index (χ4v) is 3.31. The lowest BCUT2D eigenvalue weighted by Gasteiger charge is -2.43. The van der Waals surface area contributed by atoms with Crippen molar-refractivity contribution >= 4 is 0 Å². The number of hydrogen-bond donors (Lipinski definition) is 1. The molecule has 0 aromatic heterocycles. The molecule has 0 aromatic rings. The highest BCUT2D eigenvalue weighted by Crippen LogP contribution is 2.30. The Morgan fingerprint density at radius 3 is 2.63 bits per heavy atom. The van der Waals surface area contributed by atoms with Crippen molar-refractivity contribution in [2.75, 3.05) is 27.3 Å². The summed E-state index contributed by atoms with van der Waals surface area (Å²) >= 11 is 0. The molecule has 0 radical (unpaired) electrons. The third kappa shape index (κ3) is 5.05. The number of methoxy groups -OCH3 is 1. The van der Waals surface area contributed by atoms with E-state index < -0.39 is 0 Å². The van der Waals surface area contributed by atoms with Gasteiger partial charge in [0.05, 0.1) is 6.61 Å². The SMILES string of the molecule is CCCNC1CCC(CC)CC1N(C)C(C)COC. The van der Waals surface area contributed by atoms with E-state index in [0.717, 1.165) is 19.1 Å². The van der Waals surface area contributed by atoms with E-state index in [2.05, 4.69) is 38.0 Å². The first-order chi connectivity index (χ1) is 9.13. The fourth-order valence-electron chi connectivity index (χ4n) is 3.31. The summed E-state index contributed by atoms with van der Waals surface area (Å²) in [6.45, 7) is 8.82. The topological polar surface area (TPSA) is 24.5 Å². The van der Waals surface area contributed by atoms with Crippen molar-refractivity contribution in [3.63, 3.8) is 0 Å². The zero-order valence-electron chi connectivity index (χ0n) is 13.6. The molecule has 4 unspecified atom stereocenters. The Kier molecular flexibility index (Phi) is 7.96. The lowest BCUT2D eigenvalue weighted by atomic mass is 9.80. The molecule has 3 heteroatoms. The van der Waals surface area contributed by atoms with Gasteiger partial charge >= 0.3 is 0 Å². The molecule has 114 valence electrons. The van der Waals surface area contributed by atoms with Gasteiger partial charge in [-0.25, -0.2) is 0 Å². The Morgan fingerprint density at radius 1 is 1.32 bits per heavy atom. The van der Waals surface area contributed by atoms with E-state index in [9.17, 15) is 0 Å². The monoisotopic (exact) mass is 270 g/mol. The Morgan fingerprint density at radius 2 is 2.05 bits per heavy atom. The highest BCUT2D eigenvalue weighted by Gasteiger charge is 2.33. The van der Waals surface area contributed by atoms with Gasteiger partial charge in [0.25, 0.3) is 0 Å². The van der Waals surface area contributed by atoms with Crippen LogP contribution in [0, 0.1) is 5.92 Å². The van der Waals surface area contributed by atoms with E-state index in [1.165, 1.54) is 32.1 Å². The molecule has 0 saturated heterocycles. The molecular formula is C16H34N2O. The molecule has 1 fully saturated rings. The van der Waals surface area contributed by atoms with Crippen molar-refractivity contribution in [3.05, 3.63) is 0 Å². The highest BCUT2D eigenvalue weighted by molar-refractivity contribution is 4.91. The van der Waals surface area contributed by atoms with Gasteiger partial charge in [-0.2, -0.15) is 0 Å². The predicted molar refractivity (Wildman–Crippen MR) is 82.6 cm³/mol. The molecule has 1 N–H and O–H groups in total. The standard InChI is InChI=1S/C16H34N2O/c1-6-10-17-15-9-8-14(7-2)11-16(15)18(4)13(3)12-19-5/h13-17H,6-12H2,1-5H3. The molecule has 1 saturated carbocycles. The number of rotatable bonds is 8. The first-order valence-corrected chi connectivity index (χ1v) is 8.08. The highest BCUT2D eigenvalue weighted by atomic mass is 16.5. The second-order valence-electron chi connectivity index (χ2n) is 6.19. The van der Waals surface area contributed by atoms with Crippen molar-refractivity contribution in [2.24, 2.45) is 5.92 Å². The quantitative estimate of drug-likeness (QED) is 0.734. The Labute approximate surface area is 120 Å². The zero-order chi connectivity index (χ0) is 14.3. The van der Waals surface area contributed by atoms with Gasteiger partial charge in [-0.15, -0.1) is 0 Å². The van der Waals surface area contributed by atoms with E-state index in [1.807, 2.05) is 0 Å². The molecule has 0 spiro atoms. The van der Waals surface area contributed by atoms with Crippen LogP contribution in [0.3, 0.4) is 0 Å². The van der Waals surface area contributed by atoms with E-state index in [-0.39, 0.29) is 0 Å². The summed E-state index contributed by atoms with van der Waals surface area (Å²) in [7, 11) is 4.07. The van der Waals surface area contributed by atoms with Crippen molar-refractivity contribution in [2.45, 2.75) is 71.0 Å². The summed E-state index contributed by atoms with van der Waals surface area (Å²) in [5.74, 6) is 0.905. The predicted octanol–water partition coefficient (Wildman–Crippen LogP) is 2.90. The molecule has 1 aliphatic rings. The minimum atomic E-state index is 0.497. The zero-order valence-corrected chi connectivity index (χ0v) is 13.6. The second-order valence-corrected chi connectivity index (χ2v) is 6.19. The van der Waals surface area contributed by atoms with Gasteiger partial charge in [0.2, 0.25) is 0 Å². The smallest absolute Gasteiger partial charge is 0.0615 e.